The van der Waals surface area contributed by atoms with Gasteiger partial charge in [0, 0.05) is 0 Å². The molecule has 0 bridgehead atoms. The summed E-state index contributed by atoms with van der Waals surface area (Å²) in [7, 11) is -4.13. The van der Waals surface area contributed by atoms with Crippen molar-refractivity contribution in [3.63, 3.8) is 0 Å². The first-order valence-electron chi connectivity index (χ1n) is 7.97. The molecule has 0 saturated carbocycles. The van der Waals surface area contributed by atoms with Crippen molar-refractivity contribution < 1.29 is 13.0 Å². The van der Waals surface area contributed by atoms with Crippen LogP contribution in [0, 0.1) is 0 Å². The van der Waals surface area contributed by atoms with Crippen LogP contribution in [0.25, 0.3) is 32.7 Å². The number of hydrogen-bond acceptors (Lipinski definition) is 2. The molecule has 0 amide bonds. The molecule has 4 aromatic carbocycles. The van der Waals surface area contributed by atoms with E-state index in [1.165, 1.54) is 0 Å². The molecule has 3 nitrogen and oxygen atoms in total. The molecule has 0 heterocycles. The van der Waals surface area contributed by atoms with Crippen molar-refractivity contribution >= 4 is 31.7 Å². The van der Waals surface area contributed by atoms with Crippen LogP contribution in [0.1, 0.15) is 5.56 Å². The van der Waals surface area contributed by atoms with Crippen LogP contribution in [0.3, 0.4) is 0 Å². The van der Waals surface area contributed by atoms with E-state index in [1.54, 1.807) is 6.07 Å². The first-order chi connectivity index (χ1) is 12.0. The van der Waals surface area contributed by atoms with Gasteiger partial charge >= 0.3 is 0 Å². The van der Waals surface area contributed by atoms with Crippen LogP contribution >= 0.6 is 0 Å². The van der Waals surface area contributed by atoms with Crippen LogP contribution in [0.15, 0.2) is 78.9 Å². The largest absolute Gasteiger partial charge is 0.285 e. The van der Waals surface area contributed by atoms with E-state index >= 15 is 0 Å². The molecule has 0 atom stereocenters. The zero-order chi connectivity index (χ0) is 17.4. The molecule has 4 aromatic rings. The molecule has 0 aliphatic carbocycles. The van der Waals surface area contributed by atoms with E-state index in [2.05, 4.69) is 0 Å². The summed E-state index contributed by atoms with van der Waals surface area (Å²) in [5.41, 5.74) is 2.42. The van der Waals surface area contributed by atoms with E-state index in [1.807, 2.05) is 72.8 Å². The Hall–Kier alpha value is -2.69. The lowest BCUT2D eigenvalue weighted by molar-refractivity contribution is 0.482. The van der Waals surface area contributed by atoms with Gasteiger partial charge in [-0.1, -0.05) is 78.9 Å². The van der Waals surface area contributed by atoms with Crippen LogP contribution in [0.2, 0.25) is 0 Å². The van der Waals surface area contributed by atoms with E-state index in [0.29, 0.717) is 5.56 Å². The van der Waals surface area contributed by atoms with E-state index in [0.717, 1.165) is 32.7 Å². The molecule has 0 unspecified atom stereocenters. The predicted molar refractivity (Wildman–Crippen MR) is 102 cm³/mol. The Bertz CT molecular complexity index is 1190. The van der Waals surface area contributed by atoms with Crippen LogP contribution < -0.4 is 0 Å². The molecular weight excluding hydrogens is 332 g/mol. The minimum Gasteiger partial charge on any atom is -0.285 e. The van der Waals surface area contributed by atoms with Crippen LogP contribution in [0.4, 0.5) is 0 Å². The molecule has 25 heavy (non-hydrogen) atoms. The van der Waals surface area contributed by atoms with Gasteiger partial charge in [0.1, 0.15) is 5.75 Å². The first kappa shape index (κ1) is 15.8. The van der Waals surface area contributed by atoms with Gasteiger partial charge in [0.15, 0.2) is 0 Å². The quantitative estimate of drug-likeness (QED) is 0.527. The molecule has 1 N–H and O–H groups in total. The summed E-state index contributed by atoms with van der Waals surface area (Å²) < 4.78 is 32.5. The van der Waals surface area contributed by atoms with Crippen LogP contribution in [0.5, 0.6) is 0 Å². The molecule has 124 valence electrons. The molecular formula is C21H16O3S. The Labute approximate surface area is 146 Å². The highest BCUT2D eigenvalue weighted by Gasteiger charge is 2.16. The second-order valence-electron chi connectivity index (χ2n) is 6.07. The molecule has 4 heteroatoms. The Morgan fingerprint density at radius 3 is 2.00 bits per heavy atom. The third-order valence-corrected chi connectivity index (χ3v) is 5.09. The van der Waals surface area contributed by atoms with Crippen LogP contribution in [-0.2, 0) is 15.9 Å². The third-order valence-electron chi connectivity index (χ3n) is 4.41. The summed E-state index contributed by atoms with van der Waals surface area (Å²) in [6.45, 7) is 0. The minimum absolute atomic E-state index is 0.406. The molecule has 0 saturated heterocycles. The lowest BCUT2D eigenvalue weighted by atomic mass is 9.91. The monoisotopic (exact) mass is 348 g/mol. The van der Waals surface area contributed by atoms with Crippen LogP contribution in [-0.4, -0.2) is 13.0 Å². The maximum absolute atomic E-state index is 11.5. The molecule has 0 aromatic heterocycles. The molecule has 4 rings (SSSR count). The zero-order valence-corrected chi connectivity index (χ0v) is 14.2. The highest BCUT2D eigenvalue weighted by molar-refractivity contribution is 7.85. The fraction of sp³-hybridized carbons (Fsp3) is 0.0476. The highest BCUT2D eigenvalue weighted by Crippen LogP contribution is 2.37. The summed E-state index contributed by atoms with van der Waals surface area (Å²) in [6, 6.07) is 25.6. The highest BCUT2D eigenvalue weighted by atomic mass is 32.2. The Morgan fingerprint density at radius 2 is 1.28 bits per heavy atom. The van der Waals surface area contributed by atoms with E-state index in [4.69, 9.17) is 0 Å². The van der Waals surface area contributed by atoms with Gasteiger partial charge in [0.25, 0.3) is 10.1 Å². The number of benzene rings is 4. The topological polar surface area (TPSA) is 54.4 Å². The fourth-order valence-electron chi connectivity index (χ4n) is 3.39. The molecule has 0 radical (unpaired) electrons. The first-order valence-corrected chi connectivity index (χ1v) is 9.58. The Balaban J connectivity index is 2.12. The van der Waals surface area contributed by atoms with Crippen molar-refractivity contribution in [2.75, 3.05) is 0 Å². The van der Waals surface area contributed by atoms with Crippen molar-refractivity contribution in [2.45, 2.75) is 5.75 Å². The number of fused-ring (bicyclic) bond motifs is 2. The number of rotatable bonds is 3. The molecule has 0 spiro atoms. The molecule has 0 aliphatic heterocycles. The summed E-state index contributed by atoms with van der Waals surface area (Å²) >= 11 is 0. The second-order valence-corrected chi connectivity index (χ2v) is 7.53. The standard InChI is InChI=1S/C21H16O3S/c22-25(23,24)14-17-13-12-16-7-2-4-10-19(16)21(17)20-11-5-8-15-6-1-3-9-18(15)20/h1-13H,14H2,(H,22,23,24). The lowest BCUT2D eigenvalue weighted by Gasteiger charge is -2.15. The van der Waals surface area contributed by atoms with E-state index < -0.39 is 15.9 Å². The smallest absolute Gasteiger partial charge is 0.269 e. The van der Waals surface area contributed by atoms with Gasteiger partial charge in [-0.25, -0.2) is 0 Å². The van der Waals surface area contributed by atoms with Gasteiger partial charge in [-0.3, -0.25) is 4.55 Å². The second kappa shape index (κ2) is 5.99. The van der Waals surface area contributed by atoms with Gasteiger partial charge in [0.2, 0.25) is 0 Å². The van der Waals surface area contributed by atoms with E-state index in [9.17, 15) is 13.0 Å². The van der Waals surface area contributed by atoms with Crippen molar-refractivity contribution in [1.29, 1.82) is 0 Å². The third kappa shape index (κ3) is 3.02. The van der Waals surface area contributed by atoms with E-state index in [-0.39, 0.29) is 0 Å². The van der Waals surface area contributed by atoms with Crippen molar-refractivity contribution in [2.24, 2.45) is 0 Å². The SMILES string of the molecule is O=S(=O)(O)Cc1ccc2ccccc2c1-c1cccc2ccccc12. The van der Waals surface area contributed by atoms with Gasteiger partial charge in [0.05, 0.1) is 0 Å². The van der Waals surface area contributed by atoms with Crippen molar-refractivity contribution in [3.05, 3.63) is 84.4 Å². The number of hydrogen-bond donors (Lipinski definition) is 1. The summed E-state index contributed by atoms with van der Waals surface area (Å²) in [6.07, 6.45) is 0. The summed E-state index contributed by atoms with van der Waals surface area (Å²) in [5, 5.41) is 4.15. The Kier molecular flexibility index (Phi) is 3.79. The zero-order valence-electron chi connectivity index (χ0n) is 13.4. The normalized spacial score (nSPS) is 11.9. The summed E-state index contributed by atoms with van der Waals surface area (Å²) in [4.78, 5) is 0. The van der Waals surface area contributed by atoms with Gasteiger partial charge in [-0.15, -0.1) is 0 Å². The average Bonchev–Trinajstić information content (AvgIpc) is 2.60. The summed E-state index contributed by atoms with van der Waals surface area (Å²) in [5.74, 6) is -0.406. The van der Waals surface area contributed by atoms with Crippen molar-refractivity contribution in [3.8, 4) is 11.1 Å². The van der Waals surface area contributed by atoms with Gasteiger partial charge < -0.3 is 0 Å². The molecule has 0 fully saturated rings. The van der Waals surface area contributed by atoms with Crippen molar-refractivity contribution in [1.82, 2.24) is 0 Å². The molecule has 0 aliphatic rings. The van der Waals surface area contributed by atoms with Gasteiger partial charge in [-0.2, -0.15) is 8.42 Å². The fourth-order valence-corrected chi connectivity index (χ4v) is 4.03. The van der Waals surface area contributed by atoms with Gasteiger partial charge in [-0.05, 0) is 38.2 Å². The maximum Gasteiger partial charge on any atom is 0.269 e. The maximum atomic E-state index is 11.5. The average molecular weight is 348 g/mol. The minimum atomic E-state index is -4.13. The predicted octanol–water partition coefficient (Wildman–Crippen LogP) is 5.05. The lowest BCUT2D eigenvalue weighted by Crippen LogP contribution is -2.03. The Morgan fingerprint density at radius 1 is 0.680 bits per heavy atom.